The summed E-state index contributed by atoms with van der Waals surface area (Å²) in [5, 5.41) is 9.08. The molecule has 1 atom stereocenters. The van der Waals surface area contributed by atoms with Crippen LogP contribution in [0.2, 0.25) is 0 Å². The van der Waals surface area contributed by atoms with E-state index in [1.54, 1.807) is 6.07 Å². The average Bonchev–Trinajstić information content (AvgIpc) is 2.40. The molecule has 0 spiro atoms. The van der Waals surface area contributed by atoms with Gasteiger partial charge in [0.2, 0.25) is 0 Å². The summed E-state index contributed by atoms with van der Waals surface area (Å²) in [6.07, 6.45) is 0.185. The Labute approximate surface area is 119 Å². The lowest BCUT2D eigenvalue weighted by Gasteiger charge is -2.34. The van der Waals surface area contributed by atoms with E-state index in [0.29, 0.717) is 18.7 Å². The monoisotopic (exact) mass is 277 g/mol. The van der Waals surface area contributed by atoms with Gasteiger partial charge in [0.1, 0.15) is 5.82 Å². The van der Waals surface area contributed by atoms with Gasteiger partial charge in [0.25, 0.3) is 0 Å². The third kappa shape index (κ3) is 4.01. The molecule has 0 N–H and O–H groups in total. The molecule has 5 heteroatoms. The Morgan fingerprint density at radius 3 is 3.00 bits per heavy atom. The van der Waals surface area contributed by atoms with Crippen molar-refractivity contribution in [1.82, 2.24) is 9.80 Å². The Kier molecular flexibility index (Phi) is 5.07. The van der Waals surface area contributed by atoms with Crippen molar-refractivity contribution in [3.8, 4) is 6.07 Å². The molecular formula is C15H20FN3O. The number of halogens is 1. The molecule has 0 bridgehead atoms. The second-order valence-corrected chi connectivity index (χ2v) is 5.40. The van der Waals surface area contributed by atoms with E-state index in [0.717, 1.165) is 25.2 Å². The minimum absolute atomic E-state index is 0.185. The largest absolute Gasteiger partial charge is 0.374 e. The summed E-state index contributed by atoms with van der Waals surface area (Å²) in [6, 6.07) is 6.47. The highest BCUT2D eigenvalue weighted by atomic mass is 19.1. The highest BCUT2D eigenvalue weighted by Gasteiger charge is 2.21. The zero-order valence-corrected chi connectivity index (χ0v) is 12.0. The summed E-state index contributed by atoms with van der Waals surface area (Å²) in [4.78, 5) is 4.36. The zero-order chi connectivity index (χ0) is 14.5. The molecular weight excluding hydrogens is 257 g/mol. The van der Waals surface area contributed by atoms with E-state index in [1.807, 2.05) is 14.1 Å². The van der Waals surface area contributed by atoms with Crippen LogP contribution in [0, 0.1) is 17.1 Å². The summed E-state index contributed by atoms with van der Waals surface area (Å²) in [7, 11) is 4.05. The number of ether oxygens (including phenoxy) is 1. The first-order valence-electron chi connectivity index (χ1n) is 6.75. The molecule has 108 valence electrons. The highest BCUT2D eigenvalue weighted by molar-refractivity contribution is 5.37. The molecule has 1 aliphatic heterocycles. The lowest BCUT2D eigenvalue weighted by Crippen LogP contribution is -2.46. The molecule has 1 saturated heterocycles. The number of nitrogens with zero attached hydrogens (tertiary/aromatic N) is 3. The molecule has 1 heterocycles. The van der Waals surface area contributed by atoms with Gasteiger partial charge >= 0.3 is 0 Å². The van der Waals surface area contributed by atoms with Crippen LogP contribution in [-0.4, -0.2) is 56.2 Å². The van der Waals surface area contributed by atoms with Gasteiger partial charge in [-0.1, -0.05) is 6.07 Å². The Hall–Kier alpha value is -1.48. The van der Waals surface area contributed by atoms with Gasteiger partial charge in [0, 0.05) is 26.2 Å². The lowest BCUT2D eigenvalue weighted by molar-refractivity contribution is -0.0407. The predicted octanol–water partition coefficient (Wildman–Crippen LogP) is 1.46. The van der Waals surface area contributed by atoms with E-state index < -0.39 is 0 Å². The first-order chi connectivity index (χ1) is 9.58. The number of benzene rings is 1. The van der Waals surface area contributed by atoms with Crippen LogP contribution in [0.3, 0.4) is 0 Å². The van der Waals surface area contributed by atoms with Gasteiger partial charge in [0.15, 0.2) is 0 Å². The maximum absolute atomic E-state index is 13.1. The molecule has 0 unspecified atom stereocenters. The number of hydrogen-bond acceptors (Lipinski definition) is 4. The first kappa shape index (κ1) is 14.9. The number of likely N-dealkylation sites (N-methyl/N-ethyl adjacent to an activating group) is 1. The molecule has 20 heavy (non-hydrogen) atoms. The first-order valence-corrected chi connectivity index (χ1v) is 6.75. The topological polar surface area (TPSA) is 39.5 Å². The molecule has 2 rings (SSSR count). The van der Waals surface area contributed by atoms with Crippen molar-refractivity contribution < 1.29 is 9.13 Å². The maximum Gasteiger partial charge on any atom is 0.124 e. The van der Waals surface area contributed by atoms with Crippen molar-refractivity contribution in [2.24, 2.45) is 0 Å². The molecule has 1 aromatic carbocycles. The maximum atomic E-state index is 13.1. The molecule has 4 nitrogen and oxygen atoms in total. The fourth-order valence-electron chi connectivity index (χ4n) is 2.47. The predicted molar refractivity (Wildman–Crippen MR) is 74.7 cm³/mol. The van der Waals surface area contributed by atoms with Crippen LogP contribution in [0.4, 0.5) is 4.39 Å². The van der Waals surface area contributed by atoms with Gasteiger partial charge in [-0.2, -0.15) is 5.26 Å². The van der Waals surface area contributed by atoms with Crippen molar-refractivity contribution in [2.75, 3.05) is 40.3 Å². The van der Waals surface area contributed by atoms with Crippen molar-refractivity contribution in [1.29, 1.82) is 5.26 Å². The van der Waals surface area contributed by atoms with Crippen LogP contribution >= 0.6 is 0 Å². The van der Waals surface area contributed by atoms with Gasteiger partial charge in [-0.3, -0.25) is 4.90 Å². The SMILES string of the molecule is CN(C)C[C@@H]1CN(Cc2ccc(F)cc2C#N)CCO1. The van der Waals surface area contributed by atoms with E-state index in [9.17, 15) is 4.39 Å². The third-order valence-electron chi connectivity index (χ3n) is 3.38. The number of morpholine rings is 1. The quantitative estimate of drug-likeness (QED) is 0.835. The van der Waals surface area contributed by atoms with Crippen LogP contribution in [0.1, 0.15) is 11.1 Å². The minimum Gasteiger partial charge on any atom is -0.374 e. The Balaban J connectivity index is 2.01. The molecule has 0 amide bonds. The van der Waals surface area contributed by atoms with E-state index in [2.05, 4.69) is 15.9 Å². The minimum atomic E-state index is -0.363. The van der Waals surface area contributed by atoms with Crippen molar-refractivity contribution in [2.45, 2.75) is 12.6 Å². The second kappa shape index (κ2) is 6.80. The smallest absolute Gasteiger partial charge is 0.124 e. The highest BCUT2D eigenvalue weighted by Crippen LogP contribution is 2.15. The molecule has 1 aromatic rings. The number of rotatable bonds is 4. The summed E-state index contributed by atoms with van der Waals surface area (Å²) in [5.74, 6) is -0.363. The Morgan fingerprint density at radius 1 is 1.50 bits per heavy atom. The normalized spacial score (nSPS) is 20.1. The molecule has 0 radical (unpaired) electrons. The zero-order valence-electron chi connectivity index (χ0n) is 12.0. The molecule has 0 aromatic heterocycles. The number of nitriles is 1. The van der Waals surface area contributed by atoms with E-state index >= 15 is 0 Å². The van der Waals surface area contributed by atoms with Crippen LogP contribution in [0.5, 0.6) is 0 Å². The van der Waals surface area contributed by atoms with E-state index in [-0.39, 0.29) is 11.9 Å². The fourth-order valence-corrected chi connectivity index (χ4v) is 2.47. The summed E-state index contributed by atoms with van der Waals surface area (Å²) >= 11 is 0. The van der Waals surface area contributed by atoms with Crippen LogP contribution in [0.15, 0.2) is 18.2 Å². The van der Waals surface area contributed by atoms with Crippen LogP contribution in [-0.2, 0) is 11.3 Å². The van der Waals surface area contributed by atoms with Gasteiger partial charge in [-0.15, -0.1) is 0 Å². The lowest BCUT2D eigenvalue weighted by atomic mass is 10.1. The van der Waals surface area contributed by atoms with E-state index in [4.69, 9.17) is 10.00 Å². The second-order valence-electron chi connectivity index (χ2n) is 5.40. The third-order valence-corrected chi connectivity index (χ3v) is 3.38. The average molecular weight is 277 g/mol. The van der Waals surface area contributed by atoms with Gasteiger partial charge in [-0.05, 0) is 31.8 Å². The van der Waals surface area contributed by atoms with Crippen molar-refractivity contribution >= 4 is 0 Å². The molecule has 1 aliphatic rings. The van der Waals surface area contributed by atoms with Gasteiger partial charge in [-0.25, -0.2) is 4.39 Å². The van der Waals surface area contributed by atoms with Crippen LogP contribution in [0.25, 0.3) is 0 Å². The molecule has 0 aliphatic carbocycles. The van der Waals surface area contributed by atoms with Crippen LogP contribution < -0.4 is 0 Å². The summed E-state index contributed by atoms with van der Waals surface area (Å²) in [5.41, 5.74) is 1.29. The van der Waals surface area contributed by atoms with Gasteiger partial charge in [0.05, 0.1) is 24.3 Å². The van der Waals surface area contributed by atoms with E-state index in [1.165, 1.54) is 12.1 Å². The van der Waals surface area contributed by atoms with Gasteiger partial charge < -0.3 is 9.64 Å². The summed E-state index contributed by atoms with van der Waals surface area (Å²) < 4.78 is 18.9. The standard InChI is InChI=1S/C15H20FN3O/c1-18(2)10-15-11-19(5-6-20-15)9-12-3-4-14(16)7-13(12)8-17/h3-4,7,15H,5-6,9-11H2,1-2H3/t15-/m1/s1. The van der Waals surface area contributed by atoms with Crippen molar-refractivity contribution in [3.63, 3.8) is 0 Å². The number of hydrogen-bond donors (Lipinski definition) is 0. The summed E-state index contributed by atoms with van der Waals surface area (Å²) in [6.45, 7) is 3.91. The Bertz CT molecular complexity index is 498. The Morgan fingerprint density at radius 2 is 2.30 bits per heavy atom. The molecule has 0 saturated carbocycles. The van der Waals surface area contributed by atoms with Crippen molar-refractivity contribution in [3.05, 3.63) is 35.1 Å². The molecule has 1 fully saturated rings. The fraction of sp³-hybridized carbons (Fsp3) is 0.533.